The number of rotatable bonds is 5. The van der Waals surface area contributed by atoms with Crippen LogP contribution in [0.1, 0.15) is 19.8 Å². The number of nitrogens with one attached hydrogen (secondary N) is 1. The second-order valence-corrected chi connectivity index (χ2v) is 4.56. The fourth-order valence-electron chi connectivity index (χ4n) is 2.20. The van der Waals surface area contributed by atoms with Crippen LogP contribution in [0, 0.1) is 10.1 Å². The molecular weight excluding hydrogens is 246 g/mol. The van der Waals surface area contributed by atoms with E-state index in [2.05, 4.69) is 12.2 Å². The molecule has 0 radical (unpaired) electrons. The van der Waals surface area contributed by atoms with Crippen LogP contribution in [0.4, 0.5) is 11.4 Å². The van der Waals surface area contributed by atoms with Gasteiger partial charge in [-0.2, -0.15) is 0 Å². The van der Waals surface area contributed by atoms with Crippen molar-refractivity contribution in [3.8, 4) is 0 Å². The third kappa shape index (κ3) is 2.90. The van der Waals surface area contributed by atoms with E-state index in [1.165, 1.54) is 12.1 Å². The number of anilines is 1. The molecule has 1 aromatic carbocycles. The van der Waals surface area contributed by atoms with E-state index in [9.17, 15) is 14.9 Å². The molecule has 1 N–H and O–H groups in total. The van der Waals surface area contributed by atoms with Gasteiger partial charge in [0.15, 0.2) is 0 Å². The largest absolute Gasteiger partial charge is 0.311 e. The average Bonchev–Trinajstić information content (AvgIpc) is 2.78. The first-order chi connectivity index (χ1) is 9.13. The van der Waals surface area contributed by atoms with Gasteiger partial charge in [0.2, 0.25) is 5.91 Å². The van der Waals surface area contributed by atoms with Crippen LogP contribution in [0.2, 0.25) is 0 Å². The van der Waals surface area contributed by atoms with Crippen molar-refractivity contribution in [1.29, 1.82) is 0 Å². The third-order valence-electron chi connectivity index (χ3n) is 3.22. The Morgan fingerprint density at radius 2 is 2.11 bits per heavy atom. The summed E-state index contributed by atoms with van der Waals surface area (Å²) >= 11 is 0. The molecule has 1 saturated heterocycles. The first-order valence-electron chi connectivity index (χ1n) is 6.42. The van der Waals surface area contributed by atoms with Crippen LogP contribution in [0.15, 0.2) is 24.3 Å². The lowest BCUT2D eigenvalue weighted by atomic mass is 10.2. The van der Waals surface area contributed by atoms with Crippen LogP contribution in [-0.4, -0.2) is 30.0 Å². The van der Waals surface area contributed by atoms with Crippen molar-refractivity contribution in [1.82, 2.24) is 5.32 Å². The highest BCUT2D eigenvalue weighted by atomic mass is 16.6. The number of nitro benzene ring substituents is 1. The fourth-order valence-corrected chi connectivity index (χ4v) is 2.20. The zero-order valence-electron chi connectivity index (χ0n) is 10.8. The molecule has 0 aromatic heterocycles. The SMILES string of the molecule is CCCNC1CCN(c2ccc([N+](=O)[O-])cc2)C1=O. The Labute approximate surface area is 111 Å². The van der Waals surface area contributed by atoms with E-state index in [0.717, 1.165) is 25.1 Å². The van der Waals surface area contributed by atoms with Gasteiger partial charge in [0.25, 0.3) is 5.69 Å². The van der Waals surface area contributed by atoms with E-state index in [0.29, 0.717) is 6.54 Å². The monoisotopic (exact) mass is 263 g/mol. The predicted octanol–water partition coefficient (Wildman–Crippen LogP) is 1.70. The van der Waals surface area contributed by atoms with E-state index in [-0.39, 0.29) is 17.6 Å². The molecule has 2 rings (SSSR count). The maximum Gasteiger partial charge on any atom is 0.269 e. The number of non-ortho nitro benzene ring substituents is 1. The van der Waals surface area contributed by atoms with E-state index in [1.807, 2.05) is 0 Å². The van der Waals surface area contributed by atoms with Crippen molar-refractivity contribution in [2.75, 3.05) is 18.0 Å². The second-order valence-electron chi connectivity index (χ2n) is 4.56. The molecule has 1 fully saturated rings. The first kappa shape index (κ1) is 13.5. The Hall–Kier alpha value is -1.95. The van der Waals surface area contributed by atoms with Gasteiger partial charge in [-0.3, -0.25) is 14.9 Å². The van der Waals surface area contributed by atoms with Crippen LogP contribution in [0.3, 0.4) is 0 Å². The highest BCUT2D eigenvalue weighted by Gasteiger charge is 2.31. The molecule has 1 unspecified atom stereocenters. The Morgan fingerprint density at radius 1 is 1.42 bits per heavy atom. The number of nitro groups is 1. The molecule has 6 nitrogen and oxygen atoms in total. The molecule has 1 heterocycles. The van der Waals surface area contributed by atoms with Gasteiger partial charge in [-0.05, 0) is 31.5 Å². The first-order valence-corrected chi connectivity index (χ1v) is 6.42. The summed E-state index contributed by atoms with van der Waals surface area (Å²) in [4.78, 5) is 24.0. The quantitative estimate of drug-likeness (QED) is 0.648. The minimum atomic E-state index is -0.443. The molecule has 1 aliphatic heterocycles. The van der Waals surface area contributed by atoms with Gasteiger partial charge < -0.3 is 10.2 Å². The predicted molar refractivity (Wildman–Crippen MR) is 72.1 cm³/mol. The summed E-state index contributed by atoms with van der Waals surface area (Å²) in [7, 11) is 0. The molecular formula is C13H17N3O3. The van der Waals surface area contributed by atoms with Crippen LogP contribution in [0.25, 0.3) is 0 Å². The Balaban J connectivity index is 2.06. The summed E-state index contributed by atoms with van der Waals surface area (Å²) < 4.78 is 0. The number of carbonyl (C=O) groups is 1. The lowest BCUT2D eigenvalue weighted by Crippen LogP contribution is -2.38. The highest BCUT2D eigenvalue weighted by Crippen LogP contribution is 2.24. The van der Waals surface area contributed by atoms with Crippen LogP contribution in [-0.2, 0) is 4.79 Å². The number of hydrogen-bond acceptors (Lipinski definition) is 4. The number of hydrogen-bond donors (Lipinski definition) is 1. The van der Waals surface area contributed by atoms with Gasteiger partial charge >= 0.3 is 0 Å². The molecule has 1 aromatic rings. The summed E-state index contributed by atoms with van der Waals surface area (Å²) in [6.07, 6.45) is 1.76. The Morgan fingerprint density at radius 3 is 2.68 bits per heavy atom. The molecule has 0 spiro atoms. The van der Waals surface area contributed by atoms with Crippen molar-refractivity contribution in [3.05, 3.63) is 34.4 Å². The van der Waals surface area contributed by atoms with Gasteiger partial charge in [-0.25, -0.2) is 0 Å². The molecule has 102 valence electrons. The molecule has 19 heavy (non-hydrogen) atoms. The normalized spacial score (nSPS) is 18.9. The topological polar surface area (TPSA) is 75.5 Å². The molecule has 0 aliphatic carbocycles. The number of benzene rings is 1. The zero-order valence-corrected chi connectivity index (χ0v) is 10.8. The smallest absolute Gasteiger partial charge is 0.269 e. The molecule has 0 saturated carbocycles. The summed E-state index contributed by atoms with van der Waals surface area (Å²) in [5.74, 6) is 0.0438. The molecule has 1 aliphatic rings. The van der Waals surface area contributed by atoms with Gasteiger partial charge in [-0.1, -0.05) is 6.92 Å². The highest BCUT2D eigenvalue weighted by molar-refractivity contribution is 5.99. The fraction of sp³-hybridized carbons (Fsp3) is 0.462. The molecule has 0 bridgehead atoms. The van der Waals surface area contributed by atoms with Crippen molar-refractivity contribution >= 4 is 17.3 Å². The van der Waals surface area contributed by atoms with Crippen molar-refractivity contribution in [2.24, 2.45) is 0 Å². The average molecular weight is 263 g/mol. The summed E-state index contributed by atoms with van der Waals surface area (Å²) in [6.45, 7) is 3.53. The second kappa shape index (κ2) is 5.79. The Bertz CT molecular complexity index is 473. The molecule has 1 atom stereocenters. The van der Waals surface area contributed by atoms with Crippen LogP contribution in [0.5, 0.6) is 0 Å². The van der Waals surface area contributed by atoms with E-state index in [1.54, 1.807) is 17.0 Å². The van der Waals surface area contributed by atoms with Gasteiger partial charge in [0.1, 0.15) is 0 Å². The number of nitrogens with zero attached hydrogens (tertiary/aromatic N) is 2. The maximum atomic E-state index is 12.2. The van der Waals surface area contributed by atoms with Crippen molar-refractivity contribution in [3.63, 3.8) is 0 Å². The van der Waals surface area contributed by atoms with E-state index < -0.39 is 4.92 Å². The maximum absolute atomic E-state index is 12.2. The minimum absolute atomic E-state index is 0.0380. The van der Waals surface area contributed by atoms with E-state index >= 15 is 0 Å². The number of amides is 1. The standard InChI is InChI=1S/C13H17N3O3/c1-2-8-14-12-7-9-15(13(12)17)10-3-5-11(6-4-10)16(18)19/h3-6,12,14H,2,7-9H2,1H3. The lowest BCUT2D eigenvalue weighted by molar-refractivity contribution is -0.384. The lowest BCUT2D eigenvalue weighted by Gasteiger charge is -2.17. The van der Waals surface area contributed by atoms with E-state index in [4.69, 9.17) is 0 Å². The summed E-state index contributed by atoms with van der Waals surface area (Å²) in [5, 5.41) is 13.8. The van der Waals surface area contributed by atoms with Crippen molar-refractivity contribution < 1.29 is 9.72 Å². The summed E-state index contributed by atoms with van der Waals surface area (Å²) in [6, 6.07) is 5.97. The van der Waals surface area contributed by atoms with Crippen LogP contribution >= 0.6 is 0 Å². The minimum Gasteiger partial charge on any atom is -0.311 e. The van der Waals surface area contributed by atoms with Crippen molar-refractivity contribution in [2.45, 2.75) is 25.8 Å². The molecule has 6 heteroatoms. The summed E-state index contributed by atoms with van der Waals surface area (Å²) in [5.41, 5.74) is 0.757. The van der Waals surface area contributed by atoms with Gasteiger partial charge in [-0.15, -0.1) is 0 Å². The number of carbonyl (C=O) groups excluding carboxylic acids is 1. The Kier molecular flexibility index (Phi) is 4.11. The van der Waals surface area contributed by atoms with Gasteiger partial charge in [0.05, 0.1) is 11.0 Å². The third-order valence-corrected chi connectivity index (χ3v) is 3.22. The molecule has 1 amide bonds. The van der Waals surface area contributed by atoms with Crippen LogP contribution < -0.4 is 10.2 Å². The van der Waals surface area contributed by atoms with Gasteiger partial charge in [0, 0.05) is 24.4 Å². The zero-order chi connectivity index (χ0) is 13.8.